The van der Waals surface area contributed by atoms with Gasteiger partial charge in [-0.2, -0.15) is 0 Å². The van der Waals surface area contributed by atoms with Crippen molar-refractivity contribution in [3.63, 3.8) is 0 Å². The zero-order valence-corrected chi connectivity index (χ0v) is 17.3. The predicted octanol–water partition coefficient (Wildman–Crippen LogP) is 2.49. The SMILES string of the molecule is CN=C(NCC1(N2CCCC2)CCOCC1)N(C)Cc1ccc(OC)c(F)c1. The molecule has 0 bridgehead atoms. The number of nitrogens with zero attached hydrogens (tertiary/aromatic N) is 3. The van der Waals surface area contributed by atoms with Crippen molar-refractivity contribution >= 4 is 5.96 Å². The van der Waals surface area contributed by atoms with Gasteiger partial charge >= 0.3 is 0 Å². The molecule has 6 nitrogen and oxygen atoms in total. The summed E-state index contributed by atoms with van der Waals surface area (Å²) < 4.78 is 24.6. The first-order valence-corrected chi connectivity index (χ1v) is 10.1. The lowest BCUT2D eigenvalue weighted by Gasteiger charge is -2.45. The van der Waals surface area contributed by atoms with Gasteiger partial charge in [-0.25, -0.2) is 4.39 Å². The van der Waals surface area contributed by atoms with Crippen LogP contribution in [0.25, 0.3) is 0 Å². The van der Waals surface area contributed by atoms with Gasteiger partial charge in [0.25, 0.3) is 0 Å². The largest absolute Gasteiger partial charge is 0.494 e. The van der Waals surface area contributed by atoms with Crippen LogP contribution < -0.4 is 10.1 Å². The van der Waals surface area contributed by atoms with E-state index in [4.69, 9.17) is 9.47 Å². The summed E-state index contributed by atoms with van der Waals surface area (Å²) in [6, 6.07) is 5.07. The number of hydrogen-bond donors (Lipinski definition) is 1. The van der Waals surface area contributed by atoms with E-state index in [1.807, 2.05) is 18.0 Å². The second-order valence-corrected chi connectivity index (χ2v) is 7.76. The Morgan fingerprint density at radius 3 is 2.64 bits per heavy atom. The summed E-state index contributed by atoms with van der Waals surface area (Å²) in [5.74, 6) is 0.744. The minimum atomic E-state index is -0.341. The number of rotatable bonds is 6. The van der Waals surface area contributed by atoms with Gasteiger partial charge in [0.2, 0.25) is 0 Å². The van der Waals surface area contributed by atoms with E-state index >= 15 is 0 Å². The van der Waals surface area contributed by atoms with Gasteiger partial charge < -0.3 is 19.7 Å². The van der Waals surface area contributed by atoms with Gasteiger partial charge in [-0.05, 0) is 56.5 Å². The topological polar surface area (TPSA) is 49.3 Å². The lowest BCUT2D eigenvalue weighted by Crippen LogP contribution is -2.58. The van der Waals surface area contributed by atoms with Crippen molar-refractivity contribution < 1.29 is 13.9 Å². The average molecular weight is 393 g/mol. The molecule has 2 saturated heterocycles. The van der Waals surface area contributed by atoms with Crippen LogP contribution in [0.5, 0.6) is 5.75 Å². The zero-order valence-electron chi connectivity index (χ0n) is 17.3. The maximum absolute atomic E-state index is 14.0. The van der Waals surface area contributed by atoms with Crippen molar-refractivity contribution in [3.05, 3.63) is 29.6 Å². The Balaban J connectivity index is 1.63. The van der Waals surface area contributed by atoms with Gasteiger partial charge in [0.1, 0.15) is 0 Å². The van der Waals surface area contributed by atoms with Crippen molar-refractivity contribution in [2.45, 2.75) is 37.8 Å². The van der Waals surface area contributed by atoms with Crippen LogP contribution in [0.2, 0.25) is 0 Å². The number of benzene rings is 1. The first-order chi connectivity index (χ1) is 13.6. The highest BCUT2D eigenvalue weighted by molar-refractivity contribution is 5.79. The smallest absolute Gasteiger partial charge is 0.193 e. The number of guanidine groups is 1. The number of halogens is 1. The molecule has 0 aromatic heterocycles. The highest BCUT2D eigenvalue weighted by Crippen LogP contribution is 2.30. The molecule has 0 aliphatic carbocycles. The quantitative estimate of drug-likeness (QED) is 0.595. The van der Waals surface area contributed by atoms with Crippen molar-refractivity contribution in [2.75, 3.05) is 54.1 Å². The molecule has 2 heterocycles. The standard InChI is InChI=1S/C21H33FN4O2/c1-23-20(25(2)15-17-6-7-19(27-3)18(22)14-17)24-16-21(8-12-28-13-9-21)26-10-4-5-11-26/h6-7,14H,4-5,8-13,15-16H2,1-3H3,(H,23,24). The number of hydrogen-bond acceptors (Lipinski definition) is 4. The van der Waals surface area contributed by atoms with E-state index in [1.165, 1.54) is 39.1 Å². The summed E-state index contributed by atoms with van der Waals surface area (Å²) in [7, 11) is 5.24. The summed E-state index contributed by atoms with van der Waals surface area (Å²) in [5.41, 5.74) is 1.02. The van der Waals surface area contributed by atoms with E-state index < -0.39 is 0 Å². The molecular formula is C21H33FN4O2. The van der Waals surface area contributed by atoms with E-state index in [0.29, 0.717) is 6.54 Å². The third-order valence-corrected chi connectivity index (χ3v) is 5.99. The van der Waals surface area contributed by atoms with Crippen LogP contribution in [-0.4, -0.2) is 75.4 Å². The fourth-order valence-corrected chi connectivity index (χ4v) is 4.33. The summed E-state index contributed by atoms with van der Waals surface area (Å²) in [5, 5.41) is 3.57. The first kappa shape index (κ1) is 20.9. The third kappa shape index (κ3) is 4.75. The molecule has 3 rings (SSSR count). The van der Waals surface area contributed by atoms with Gasteiger partial charge in [0.15, 0.2) is 17.5 Å². The number of aliphatic imine (C=N–C) groups is 1. The molecule has 1 aromatic rings. The number of nitrogens with one attached hydrogen (secondary N) is 1. The van der Waals surface area contributed by atoms with Crippen molar-refractivity contribution in [2.24, 2.45) is 4.99 Å². The fraction of sp³-hybridized carbons (Fsp3) is 0.667. The molecule has 0 amide bonds. The van der Waals surface area contributed by atoms with Gasteiger partial charge in [0, 0.05) is 45.9 Å². The van der Waals surface area contributed by atoms with Gasteiger partial charge in [-0.3, -0.25) is 9.89 Å². The highest BCUT2D eigenvalue weighted by atomic mass is 19.1. The van der Waals surface area contributed by atoms with Crippen LogP contribution >= 0.6 is 0 Å². The van der Waals surface area contributed by atoms with Crippen LogP contribution in [0.3, 0.4) is 0 Å². The first-order valence-electron chi connectivity index (χ1n) is 10.1. The van der Waals surface area contributed by atoms with Crippen LogP contribution in [-0.2, 0) is 11.3 Å². The van der Waals surface area contributed by atoms with E-state index in [-0.39, 0.29) is 17.1 Å². The lowest BCUT2D eigenvalue weighted by atomic mass is 9.88. The average Bonchev–Trinajstić information content (AvgIpc) is 3.25. The van der Waals surface area contributed by atoms with Crippen molar-refractivity contribution in [3.8, 4) is 5.75 Å². The van der Waals surface area contributed by atoms with Crippen LogP contribution in [0, 0.1) is 5.82 Å². The molecule has 1 N–H and O–H groups in total. The summed E-state index contributed by atoms with van der Waals surface area (Å²) in [6.45, 7) is 5.39. The molecule has 0 radical (unpaired) electrons. The molecule has 2 aliphatic rings. The molecule has 0 atom stereocenters. The Morgan fingerprint density at radius 1 is 1.32 bits per heavy atom. The second kappa shape index (κ2) is 9.56. The van der Waals surface area contributed by atoms with E-state index in [0.717, 1.165) is 44.1 Å². The Morgan fingerprint density at radius 2 is 2.04 bits per heavy atom. The summed E-state index contributed by atoms with van der Waals surface area (Å²) in [4.78, 5) is 9.11. The monoisotopic (exact) mass is 392 g/mol. The fourth-order valence-electron chi connectivity index (χ4n) is 4.33. The molecule has 156 valence electrons. The van der Waals surface area contributed by atoms with Crippen LogP contribution in [0.1, 0.15) is 31.2 Å². The molecule has 2 aliphatic heterocycles. The second-order valence-electron chi connectivity index (χ2n) is 7.76. The molecule has 2 fully saturated rings. The molecule has 0 saturated carbocycles. The minimum absolute atomic E-state index is 0.137. The zero-order chi connectivity index (χ0) is 20.0. The molecule has 0 unspecified atom stereocenters. The maximum atomic E-state index is 14.0. The van der Waals surface area contributed by atoms with Gasteiger partial charge in [0.05, 0.1) is 7.11 Å². The Bertz CT molecular complexity index is 670. The van der Waals surface area contributed by atoms with E-state index in [1.54, 1.807) is 13.1 Å². The Kier molecular flexibility index (Phi) is 7.13. The molecule has 28 heavy (non-hydrogen) atoms. The van der Waals surface area contributed by atoms with Crippen molar-refractivity contribution in [1.29, 1.82) is 0 Å². The number of ether oxygens (including phenoxy) is 2. The number of methoxy groups -OCH3 is 1. The molecule has 1 aromatic carbocycles. The third-order valence-electron chi connectivity index (χ3n) is 5.99. The van der Waals surface area contributed by atoms with E-state index in [9.17, 15) is 4.39 Å². The Labute approximate surface area is 167 Å². The van der Waals surface area contributed by atoms with Crippen molar-refractivity contribution in [1.82, 2.24) is 15.1 Å². The molecular weight excluding hydrogens is 359 g/mol. The highest BCUT2D eigenvalue weighted by Gasteiger charge is 2.39. The summed E-state index contributed by atoms with van der Waals surface area (Å²) >= 11 is 0. The van der Waals surface area contributed by atoms with Crippen LogP contribution in [0.4, 0.5) is 4.39 Å². The predicted molar refractivity (Wildman–Crippen MR) is 109 cm³/mol. The normalized spacial score (nSPS) is 20.2. The minimum Gasteiger partial charge on any atom is -0.494 e. The summed E-state index contributed by atoms with van der Waals surface area (Å²) in [6.07, 6.45) is 4.65. The number of likely N-dealkylation sites (tertiary alicyclic amines) is 1. The maximum Gasteiger partial charge on any atom is 0.193 e. The Hall–Kier alpha value is -1.86. The van der Waals surface area contributed by atoms with Gasteiger partial charge in [-0.15, -0.1) is 0 Å². The lowest BCUT2D eigenvalue weighted by molar-refractivity contribution is -0.0166. The van der Waals surface area contributed by atoms with Crippen LogP contribution in [0.15, 0.2) is 23.2 Å². The van der Waals surface area contributed by atoms with Gasteiger partial charge in [-0.1, -0.05) is 6.07 Å². The van der Waals surface area contributed by atoms with E-state index in [2.05, 4.69) is 15.2 Å². The molecule has 0 spiro atoms. The molecule has 7 heteroatoms.